The van der Waals surface area contributed by atoms with E-state index in [1.807, 2.05) is 0 Å². The second-order valence-electron chi connectivity index (χ2n) is 4.90. The van der Waals surface area contributed by atoms with E-state index in [0.29, 0.717) is 6.04 Å². The van der Waals surface area contributed by atoms with Gasteiger partial charge in [0.05, 0.1) is 6.54 Å². The van der Waals surface area contributed by atoms with Gasteiger partial charge in [0.1, 0.15) is 5.54 Å². The molecule has 0 aliphatic heterocycles. The van der Waals surface area contributed by atoms with Crippen molar-refractivity contribution < 1.29 is 9.59 Å². The summed E-state index contributed by atoms with van der Waals surface area (Å²) in [5, 5.41) is 5.78. The van der Waals surface area contributed by atoms with Gasteiger partial charge in [0.25, 0.3) is 0 Å². The van der Waals surface area contributed by atoms with Crippen molar-refractivity contribution in [2.24, 2.45) is 5.73 Å². The van der Waals surface area contributed by atoms with E-state index in [1.54, 1.807) is 13.8 Å². The van der Waals surface area contributed by atoms with E-state index in [1.165, 1.54) is 12.8 Å². The summed E-state index contributed by atoms with van der Waals surface area (Å²) in [6, 6.07) is 0.447. The highest BCUT2D eigenvalue weighted by Gasteiger charge is 2.26. The second kappa shape index (κ2) is 5.30. The summed E-state index contributed by atoms with van der Waals surface area (Å²) < 4.78 is 0. The zero-order valence-electron chi connectivity index (χ0n) is 10.0. The molecule has 0 bridgehead atoms. The Balaban J connectivity index is 2.27. The highest BCUT2D eigenvalue weighted by molar-refractivity contribution is 5.90. The van der Waals surface area contributed by atoms with Gasteiger partial charge in [-0.2, -0.15) is 0 Å². The molecule has 1 rings (SSSR count). The molecule has 0 radical (unpaired) electrons. The summed E-state index contributed by atoms with van der Waals surface area (Å²) >= 11 is 0. The third-order valence-corrected chi connectivity index (χ3v) is 2.97. The van der Waals surface area contributed by atoms with Gasteiger partial charge in [-0.05, 0) is 26.7 Å². The first-order valence-electron chi connectivity index (χ1n) is 5.76. The summed E-state index contributed by atoms with van der Waals surface area (Å²) in [7, 11) is 0. The summed E-state index contributed by atoms with van der Waals surface area (Å²) in [6.45, 7) is 3.45. The zero-order chi connectivity index (χ0) is 12.2. The van der Waals surface area contributed by atoms with Crippen molar-refractivity contribution in [1.82, 2.24) is 10.6 Å². The van der Waals surface area contributed by atoms with Crippen molar-refractivity contribution in [3.05, 3.63) is 0 Å². The first kappa shape index (κ1) is 13.0. The second-order valence-corrected chi connectivity index (χ2v) is 4.90. The first-order valence-corrected chi connectivity index (χ1v) is 5.76. The van der Waals surface area contributed by atoms with Gasteiger partial charge in [0.15, 0.2) is 0 Å². The normalized spacial score (nSPS) is 17.4. The lowest BCUT2D eigenvalue weighted by Gasteiger charge is -2.22. The van der Waals surface area contributed by atoms with Crippen LogP contribution in [-0.2, 0) is 9.59 Å². The molecule has 0 atom stereocenters. The summed E-state index contributed by atoms with van der Waals surface area (Å²) in [5.74, 6) is -0.711. The van der Waals surface area contributed by atoms with Crippen LogP contribution in [-0.4, -0.2) is 29.9 Å². The Bertz CT molecular complexity index is 270. The minimum absolute atomic E-state index is 0.185. The number of nitrogens with two attached hydrogens (primary N) is 1. The maximum absolute atomic E-state index is 11.5. The van der Waals surface area contributed by atoms with Gasteiger partial charge in [-0.3, -0.25) is 9.59 Å². The quantitative estimate of drug-likeness (QED) is 0.613. The molecule has 1 fully saturated rings. The number of hydrogen-bond acceptors (Lipinski definition) is 3. The fraction of sp³-hybridized carbons (Fsp3) is 0.818. The van der Waals surface area contributed by atoms with Crippen molar-refractivity contribution in [3.63, 3.8) is 0 Å². The molecule has 0 aromatic rings. The zero-order valence-corrected chi connectivity index (χ0v) is 10.0. The Morgan fingerprint density at radius 3 is 2.38 bits per heavy atom. The average molecular weight is 227 g/mol. The van der Waals surface area contributed by atoms with E-state index in [0.717, 1.165) is 12.8 Å². The van der Waals surface area contributed by atoms with Crippen LogP contribution >= 0.6 is 0 Å². The van der Waals surface area contributed by atoms with Gasteiger partial charge in [-0.1, -0.05) is 12.8 Å². The van der Waals surface area contributed by atoms with Crippen molar-refractivity contribution in [2.75, 3.05) is 6.54 Å². The summed E-state index contributed by atoms with van der Waals surface area (Å²) in [6.07, 6.45) is 4.72. The number of rotatable bonds is 5. The Kier molecular flexibility index (Phi) is 4.29. The molecular formula is C11H21N3O2. The maximum Gasteiger partial charge on any atom is 0.242 e. The van der Waals surface area contributed by atoms with Gasteiger partial charge in [-0.25, -0.2) is 0 Å². The van der Waals surface area contributed by atoms with Crippen LogP contribution in [0.2, 0.25) is 0 Å². The lowest BCUT2D eigenvalue weighted by Crippen LogP contribution is -2.55. The van der Waals surface area contributed by atoms with Gasteiger partial charge >= 0.3 is 0 Å². The molecule has 1 aliphatic carbocycles. The smallest absolute Gasteiger partial charge is 0.242 e. The van der Waals surface area contributed by atoms with E-state index >= 15 is 0 Å². The van der Waals surface area contributed by atoms with Crippen LogP contribution in [0.1, 0.15) is 39.5 Å². The van der Waals surface area contributed by atoms with Gasteiger partial charge in [0, 0.05) is 6.04 Å². The van der Waals surface area contributed by atoms with Crippen molar-refractivity contribution in [3.8, 4) is 0 Å². The Hall–Kier alpha value is -1.10. The molecule has 5 heteroatoms. The van der Waals surface area contributed by atoms with Gasteiger partial charge in [-0.15, -0.1) is 0 Å². The van der Waals surface area contributed by atoms with Crippen LogP contribution in [0, 0.1) is 0 Å². The van der Waals surface area contributed by atoms with Crippen LogP contribution < -0.4 is 16.4 Å². The molecule has 5 nitrogen and oxygen atoms in total. The van der Waals surface area contributed by atoms with Crippen LogP contribution in [0.5, 0.6) is 0 Å². The van der Waals surface area contributed by atoms with E-state index in [-0.39, 0.29) is 12.5 Å². The molecule has 1 saturated carbocycles. The predicted octanol–water partition coefficient (Wildman–Crippen LogP) is -0.101. The largest absolute Gasteiger partial charge is 0.368 e. The molecule has 2 amide bonds. The molecule has 16 heavy (non-hydrogen) atoms. The molecule has 0 saturated heterocycles. The summed E-state index contributed by atoms with van der Waals surface area (Å²) in [4.78, 5) is 22.5. The van der Waals surface area contributed by atoms with Crippen LogP contribution in [0.3, 0.4) is 0 Å². The van der Waals surface area contributed by atoms with E-state index in [9.17, 15) is 9.59 Å². The van der Waals surface area contributed by atoms with Crippen LogP contribution in [0.15, 0.2) is 0 Å². The minimum Gasteiger partial charge on any atom is -0.368 e. The number of hydrogen-bond donors (Lipinski definition) is 3. The molecule has 0 aromatic carbocycles. The Morgan fingerprint density at radius 1 is 1.31 bits per heavy atom. The highest BCUT2D eigenvalue weighted by Crippen LogP contribution is 2.17. The molecular weight excluding hydrogens is 206 g/mol. The predicted molar refractivity (Wildman–Crippen MR) is 61.7 cm³/mol. The topological polar surface area (TPSA) is 84.2 Å². The van der Waals surface area contributed by atoms with Crippen LogP contribution in [0.4, 0.5) is 0 Å². The molecule has 92 valence electrons. The Morgan fingerprint density at radius 2 is 1.88 bits per heavy atom. The number of carbonyl (C=O) groups is 2. The number of nitrogens with one attached hydrogen (secondary N) is 2. The maximum atomic E-state index is 11.5. The van der Waals surface area contributed by atoms with E-state index in [4.69, 9.17) is 5.73 Å². The number of carbonyl (C=O) groups excluding carboxylic acids is 2. The Labute approximate surface area is 96.1 Å². The van der Waals surface area contributed by atoms with E-state index < -0.39 is 11.4 Å². The average Bonchev–Trinajstić information content (AvgIpc) is 2.66. The van der Waals surface area contributed by atoms with Crippen LogP contribution in [0.25, 0.3) is 0 Å². The lowest BCUT2D eigenvalue weighted by atomic mass is 10.1. The van der Waals surface area contributed by atoms with Crippen molar-refractivity contribution in [1.29, 1.82) is 0 Å². The third-order valence-electron chi connectivity index (χ3n) is 2.97. The standard InChI is InChI=1S/C11H21N3O2/c1-11(2,10(12)16)14-9(15)7-13-8-5-3-4-6-8/h8,13H,3-7H2,1-2H3,(H2,12,16)(H,14,15). The van der Waals surface area contributed by atoms with E-state index in [2.05, 4.69) is 10.6 Å². The SMILES string of the molecule is CC(C)(NC(=O)CNC1CCCC1)C(N)=O. The fourth-order valence-electron chi connectivity index (χ4n) is 1.82. The number of primary amides is 1. The molecule has 0 spiro atoms. The highest BCUT2D eigenvalue weighted by atomic mass is 16.2. The molecule has 0 aromatic heterocycles. The number of amides is 2. The lowest BCUT2D eigenvalue weighted by molar-refractivity contribution is -0.130. The minimum atomic E-state index is -0.978. The molecule has 4 N–H and O–H groups in total. The molecule has 1 aliphatic rings. The monoisotopic (exact) mass is 227 g/mol. The molecule has 0 unspecified atom stereocenters. The van der Waals surface area contributed by atoms with Gasteiger partial charge < -0.3 is 16.4 Å². The van der Waals surface area contributed by atoms with Crippen molar-refractivity contribution >= 4 is 11.8 Å². The van der Waals surface area contributed by atoms with Gasteiger partial charge in [0.2, 0.25) is 11.8 Å². The third kappa shape index (κ3) is 3.81. The first-order chi connectivity index (χ1) is 7.42. The van der Waals surface area contributed by atoms with Crippen molar-refractivity contribution in [2.45, 2.75) is 51.1 Å². The molecule has 0 heterocycles. The fourth-order valence-corrected chi connectivity index (χ4v) is 1.82. The summed E-state index contributed by atoms with van der Waals surface area (Å²) in [5.41, 5.74) is 4.19.